The highest BCUT2D eigenvalue weighted by atomic mass is 16.5. The lowest BCUT2D eigenvalue weighted by Gasteiger charge is -2.32. The Morgan fingerprint density at radius 2 is 2.07 bits per heavy atom. The second-order valence-corrected chi connectivity index (χ2v) is 7.83. The van der Waals surface area contributed by atoms with Gasteiger partial charge in [-0.05, 0) is 42.9 Å². The topological polar surface area (TPSA) is 78.0 Å². The number of nitrogens with one attached hydrogen (secondary N) is 3. The SMILES string of the molecule is CCCNC(=O)CN1CCC(NC(=NC)NCCc2ccc3c(c2)CCO3)CC1. The molecule has 3 N–H and O–H groups in total. The van der Waals surface area contributed by atoms with E-state index >= 15 is 0 Å². The van der Waals surface area contributed by atoms with E-state index in [1.807, 2.05) is 7.05 Å². The number of carbonyl (C=O) groups is 1. The second kappa shape index (κ2) is 11.0. The first kappa shape index (κ1) is 21.4. The van der Waals surface area contributed by atoms with Gasteiger partial charge in [0.15, 0.2) is 5.96 Å². The van der Waals surface area contributed by atoms with Crippen LogP contribution in [0.25, 0.3) is 0 Å². The van der Waals surface area contributed by atoms with Crippen molar-refractivity contribution < 1.29 is 9.53 Å². The number of nitrogens with zero attached hydrogens (tertiary/aromatic N) is 2. The van der Waals surface area contributed by atoms with Crippen LogP contribution >= 0.6 is 0 Å². The molecule has 1 amide bonds. The number of benzene rings is 1. The van der Waals surface area contributed by atoms with Crippen LogP contribution in [-0.2, 0) is 17.6 Å². The molecule has 29 heavy (non-hydrogen) atoms. The molecule has 0 unspecified atom stereocenters. The molecule has 0 saturated carbocycles. The normalized spacial score (nSPS) is 17.5. The third kappa shape index (κ3) is 6.63. The molecule has 1 fully saturated rings. The maximum atomic E-state index is 11.9. The third-order valence-electron chi connectivity index (χ3n) is 5.55. The van der Waals surface area contributed by atoms with Gasteiger partial charge in [-0.2, -0.15) is 0 Å². The predicted molar refractivity (Wildman–Crippen MR) is 117 cm³/mol. The Labute approximate surface area is 174 Å². The Kier molecular flexibility index (Phi) is 8.16. The maximum absolute atomic E-state index is 11.9. The van der Waals surface area contributed by atoms with E-state index in [9.17, 15) is 4.79 Å². The zero-order valence-electron chi connectivity index (χ0n) is 17.8. The van der Waals surface area contributed by atoms with Crippen molar-refractivity contribution in [2.45, 2.75) is 45.1 Å². The lowest BCUT2D eigenvalue weighted by atomic mass is 10.1. The van der Waals surface area contributed by atoms with Crippen molar-refractivity contribution in [3.63, 3.8) is 0 Å². The molecule has 2 aliphatic rings. The number of fused-ring (bicyclic) bond motifs is 1. The van der Waals surface area contributed by atoms with Crippen LogP contribution in [-0.4, -0.2) is 69.2 Å². The number of aliphatic imine (C=N–C) groups is 1. The van der Waals surface area contributed by atoms with Crippen LogP contribution in [0.15, 0.2) is 23.2 Å². The summed E-state index contributed by atoms with van der Waals surface area (Å²) in [4.78, 5) is 18.5. The summed E-state index contributed by atoms with van der Waals surface area (Å²) in [5, 5.41) is 9.91. The van der Waals surface area contributed by atoms with Crippen LogP contribution in [0.1, 0.15) is 37.3 Å². The Morgan fingerprint density at radius 1 is 1.24 bits per heavy atom. The van der Waals surface area contributed by atoms with Gasteiger partial charge in [-0.3, -0.25) is 14.7 Å². The molecule has 2 heterocycles. The molecule has 7 nitrogen and oxygen atoms in total. The number of piperidine rings is 1. The molecule has 7 heteroatoms. The summed E-state index contributed by atoms with van der Waals surface area (Å²) in [5.41, 5.74) is 2.65. The zero-order valence-corrected chi connectivity index (χ0v) is 17.8. The van der Waals surface area contributed by atoms with E-state index in [0.29, 0.717) is 12.6 Å². The fraction of sp³-hybridized carbons (Fsp3) is 0.636. The molecule has 3 rings (SSSR count). The Balaban J connectivity index is 1.35. The van der Waals surface area contributed by atoms with E-state index in [0.717, 1.165) is 76.6 Å². The van der Waals surface area contributed by atoms with Crippen molar-refractivity contribution in [1.82, 2.24) is 20.9 Å². The second-order valence-electron chi connectivity index (χ2n) is 7.83. The lowest BCUT2D eigenvalue weighted by molar-refractivity contribution is -0.122. The minimum atomic E-state index is 0.133. The van der Waals surface area contributed by atoms with Crippen LogP contribution in [0.3, 0.4) is 0 Å². The fourth-order valence-corrected chi connectivity index (χ4v) is 3.87. The minimum Gasteiger partial charge on any atom is -0.493 e. The molecule has 0 radical (unpaired) electrons. The first-order valence-corrected chi connectivity index (χ1v) is 10.9. The Hall–Kier alpha value is -2.28. The van der Waals surface area contributed by atoms with E-state index in [4.69, 9.17) is 4.74 Å². The van der Waals surface area contributed by atoms with Gasteiger partial charge in [0.1, 0.15) is 5.75 Å². The lowest BCUT2D eigenvalue weighted by Crippen LogP contribution is -2.50. The van der Waals surface area contributed by atoms with Crippen LogP contribution < -0.4 is 20.7 Å². The molecule has 2 aliphatic heterocycles. The maximum Gasteiger partial charge on any atom is 0.234 e. The van der Waals surface area contributed by atoms with E-state index < -0.39 is 0 Å². The van der Waals surface area contributed by atoms with Crippen molar-refractivity contribution in [3.05, 3.63) is 29.3 Å². The molecule has 0 aromatic heterocycles. The highest BCUT2D eigenvalue weighted by Crippen LogP contribution is 2.25. The molecule has 0 atom stereocenters. The van der Waals surface area contributed by atoms with Gasteiger partial charge in [0.2, 0.25) is 5.91 Å². The molecule has 1 aromatic carbocycles. The molecule has 0 aliphatic carbocycles. The number of ether oxygens (including phenoxy) is 1. The average molecular weight is 402 g/mol. The van der Waals surface area contributed by atoms with Gasteiger partial charge in [-0.15, -0.1) is 0 Å². The molecule has 1 aromatic rings. The summed E-state index contributed by atoms with van der Waals surface area (Å²) in [6, 6.07) is 6.88. The largest absolute Gasteiger partial charge is 0.493 e. The average Bonchev–Trinajstić information content (AvgIpc) is 3.20. The highest BCUT2D eigenvalue weighted by Gasteiger charge is 2.21. The van der Waals surface area contributed by atoms with E-state index in [-0.39, 0.29) is 5.91 Å². The molecule has 0 bridgehead atoms. The number of hydrogen-bond acceptors (Lipinski definition) is 4. The van der Waals surface area contributed by atoms with Crippen LogP contribution in [0.2, 0.25) is 0 Å². The summed E-state index contributed by atoms with van der Waals surface area (Å²) in [6.07, 6.45) is 4.99. The van der Waals surface area contributed by atoms with Gasteiger partial charge in [-0.25, -0.2) is 0 Å². The number of likely N-dealkylation sites (tertiary alicyclic amines) is 1. The Morgan fingerprint density at radius 3 is 2.83 bits per heavy atom. The van der Waals surface area contributed by atoms with Crippen LogP contribution in [0.5, 0.6) is 5.75 Å². The molecule has 160 valence electrons. The van der Waals surface area contributed by atoms with E-state index in [2.05, 4.69) is 51.0 Å². The number of guanidine groups is 1. The number of amides is 1. The highest BCUT2D eigenvalue weighted by molar-refractivity contribution is 5.80. The monoisotopic (exact) mass is 401 g/mol. The van der Waals surface area contributed by atoms with Crippen LogP contribution in [0.4, 0.5) is 0 Å². The summed E-state index contributed by atoms with van der Waals surface area (Å²) in [7, 11) is 1.81. The van der Waals surface area contributed by atoms with Gasteiger partial charge in [0, 0.05) is 45.7 Å². The number of hydrogen-bond donors (Lipinski definition) is 3. The van der Waals surface area contributed by atoms with E-state index in [1.165, 1.54) is 11.1 Å². The summed E-state index contributed by atoms with van der Waals surface area (Å²) in [5.74, 6) is 2.02. The van der Waals surface area contributed by atoms with Gasteiger partial charge >= 0.3 is 0 Å². The van der Waals surface area contributed by atoms with Crippen molar-refractivity contribution in [3.8, 4) is 5.75 Å². The van der Waals surface area contributed by atoms with Gasteiger partial charge in [0.25, 0.3) is 0 Å². The number of rotatable bonds is 8. The van der Waals surface area contributed by atoms with Gasteiger partial charge in [0.05, 0.1) is 13.2 Å². The zero-order chi connectivity index (χ0) is 20.5. The predicted octanol–water partition coefficient (Wildman–Crippen LogP) is 1.32. The summed E-state index contributed by atoms with van der Waals surface area (Å²) < 4.78 is 5.57. The van der Waals surface area contributed by atoms with E-state index in [1.54, 1.807) is 0 Å². The summed E-state index contributed by atoms with van der Waals surface area (Å²) >= 11 is 0. The van der Waals surface area contributed by atoms with Crippen molar-refractivity contribution >= 4 is 11.9 Å². The molecule has 0 spiro atoms. The first-order valence-electron chi connectivity index (χ1n) is 10.9. The van der Waals surface area contributed by atoms with Crippen molar-refractivity contribution in [1.29, 1.82) is 0 Å². The van der Waals surface area contributed by atoms with Crippen LogP contribution in [0, 0.1) is 0 Å². The summed E-state index contributed by atoms with van der Waals surface area (Å²) in [6.45, 7) is 6.85. The smallest absolute Gasteiger partial charge is 0.234 e. The third-order valence-corrected chi connectivity index (χ3v) is 5.55. The number of carbonyl (C=O) groups excluding carboxylic acids is 1. The quantitative estimate of drug-likeness (QED) is 0.452. The van der Waals surface area contributed by atoms with Gasteiger partial charge in [-0.1, -0.05) is 19.1 Å². The Bertz CT molecular complexity index is 698. The fourth-order valence-electron chi connectivity index (χ4n) is 3.87. The molecular formula is C22H35N5O2. The minimum absolute atomic E-state index is 0.133. The van der Waals surface area contributed by atoms with Crippen molar-refractivity contribution in [2.24, 2.45) is 4.99 Å². The molecule has 1 saturated heterocycles. The van der Waals surface area contributed by atoms with Gasteiger partial charge < -0.3 is 20.7 Å². The standard InChI is InChI=1S/C22H35N5O2/c1-3-10-24-21(28)16-27-12-7-19(8-13-27)26-22(23-2)25-11-6-17-4-5-20-18(15-17)9-14-29-20/h4-5,15,19H,3,6-14,16H2,1-2H3,(H,24,28)(H2,23,25,26). The van der Waals surface area contributed by atoms with Crippen molar-refractivity contribution in [2.75, 3.05) is 46.4 Å². The molecular weight excluding hydrogens is 366 g/mol. The first-order chi connectivity index (χ1) is 14.2.